The molecule has 0 aliphatic heterocycles. The summed E-state index contributed by atoms with van der Waals surface area (Å²) in [4.78, 5) is 4.45. The fourth-order valence-electron chi connectivity index (χ4n) is 2.43. The minimum Gasteiger partial charge on any atom is -0.491 e. The van der Waals surface area contributed by atoms with E-state index in [1.54, 1.807) is 0 Å². The zero-order valence-corrected chi connectivity index (χ0v) is 15.2. The van der Waals surface area contributed by atoms with E-state index >= 15 is 0 Å². The minimum atomic E-state index is 0.209. The van der Waals surface area contributed by atoms with Crippen LogP contribution in [-0.2, 0) is 6.42 Å². The number of hydrogen-bond donors (Lipinski definition) is 1. The highest BCUT2D eigenvalue weighted by atomic mass is 16.5. The molecule has 0 radical (unpaired) electrons. The maximum atomic E-state index is 5.68. The van der Waals surface area contributed by atoms with E-state index in [9.17, 15) is 0 Å². The van der Waals surface area contributed by atoms with Crippen molar-refractivity contribution >= 4 is 11.5 Å². The van der Waals surface area contributed by atoms with Crippen molar-refractivity contribution < 1.29 is 4.74 Å². The molecule has 0 heterocycles. The molecule has 128 valence electrons. The predicted octanol–water partition coefficient (Wildman–Crippen LogP) is 5.30. The third kappa shape index (κ3) is 6.07. The molecule has 0 aliphatic carbocycles. The van der Waals surface area contributed by atoms with Gasteiger partial charge in [-0.25, -0.2) is 0 Å². The average Bonchev–Trinajstić information content (AvgIpc) is 2.56. The number of ether oxygens (including phenoxy) is 1. The number of nitrogens with zero attached hydrogens (tertiary/aromatic N) is 1. The maximum absolute atomic E-state index is 5.68. The number of aliphatic imine (C=N–C) groups is 1. The molecule has 24 heavy (non-hydrogen) atoms. The molecule has 0 atom stereocenters. The first-order chi connectivity index (χ1) is 11.6. The molecule has 2 aromatic rings. The van der Waals surface area contributed by atoms with Crippen LogP contribution in [0, 0.1) is 0 Å². The normalized spacial score (nSPS) is 11.6. The van der Waals surface area contributed by atoms with Crippen molar-refractivity contribution in [1.29, 1.82) is 0 Å². The van der Waals surface area contributed by atoms with Crippen molar-refractivity contribution in [3.8, 4) is 5.75 Å². The molecule has 0 saturated carbocycles. The third-order valence-corrected chi connectivity index (χ3v) is 3.56. The Balaban J connectivity index is 1.93. The van der Waals surface area contributed by atoms with Crippen molar-refractivity contribution in [1.82, 2.24) is 0 Å². The van der Waals surface area contributed by atoms with Crippen molar-refractivity contribution in [2.45, 2.75) is 46.6 Å². The maximum Gasteiger partial charge on any atom is 0.119 e. The Morgan fingerprint density at radius 3 is 2.12 bits per heavy atom. The van der Waals surface area contributed by atoms with Crippen LogP contribution < -0.4 is 10.1 Å². The fraction of sp³-hybridized carbons (Fsp3) is 0.381. The summed E-state index contributed by atoms with van der Waals surface area (Å²) in [5.74, 6) is 1.89. The molecule has 3 heteroatoms. The Bertz CT molecular complexity index is 643. The molecule has 1 N–H and O–H groups in total. The smallest absolute Gasteiger partial charge is 0.119 e. The van der Waals surface area contributed by atoms with Gasteiger partial charge in [-0.3, -0.25) is 4.99 Å². The first-order valence-electron chi connectivity index (χ1n) is 8.69. The van der Waals surface area contributed by atoms with Gasteiger partial charge < -0.3 is 10.1 Å². The van der Waals surface area contributed by atoms with Gasteiger partial charge in [0.25, 0.3) is 0 Å². The van der Waals surface area contributed by atoms with Gasteiger partial charge in [-0.1, -0.05) is 31.2 Å². The zero-order valence-electron chi connectivity index (χ0n) is 15.2. The first-order valence-corrected chi connectivity index (χ1v) is 8.69. The van der Waals surface area contributed by atoms with E-state index in [-0.39, 0.29) is 6.10 Å². The lowest BCUT2D eigenvalue weighted by molar-refractivity contribution is 0.242. The Hall–Kier alpha value is -2.29. The van der Waals surface area contributed by atoms with Gasteiger partial charge >= 0.3 is 0 Å². The third-order valence-electron chi connectivity index (χ3n) is 3.56. The number of nitrogens with one attached hydrogen (secondary N) is 1. The average molecular weight is 324 g/mol. The molecule has 0 aromatic heterocycles. The van der Waals surface area contributed by atoms with Gasteiger partial charge in [0.05, 0.1) is 11.9 Å². The highest BCUT2D eigenvalue weighted by Gasteiger charge is 2.01. The minimum absolute atomic E-state index is 0.209. The van der Waals surface area contributed by atoms with E-state index in [4.69, 9.17) is 4.74 Å². The monoisotopic (exact) mass is 324 g/mol. The van der Waals surface area contributed by atoms with E-state index in [1.165, 1.54) is 11.1 Å². The number of anilines is 1. The standard InChI is InChI=1S/C21H28N2O/c1-5-14-22-17(4)23-20-10-6-18(7-11-20)15-19-8-12-21(13-9-19)24-16(2)3/h6-13,16H,5,14-15H2,1-4H3,(H,22,23). The van der Waals surface area contributed by atoms with Crippen LogP contribution in [-0.4, -0.2) is 18.5 Å². The first kappa shape index (κ1) is 18.1. The van der Waals surface area contributed by atoms with Gasteiger partial charge in [0.1, 0.15) is 5.75 Å². The van der Waals surface area contributed by atoms with Crippen molar-refractivity contribution in [3.05, 3.63) is 59.7 Å². The summed E-state index contributed by atoms with van der Waals surface area (Å²) in [6.45, 7) is 9.08. The largest absolute Gasteiger partial charge is 0.491 e. The summed E-state index contributed by atoms with van der Waals surface area (Å²) in [6, 6.07) is 16.9. The summed E-state index contributed by atoms with van der Waals surface area (Å²) in [7, 11) is 0. The van der Waals surface area contributed by atoms with Gasteiger partial charge in [-0.05, 0) is 69.0 Å². The Morgan fingerprint density at radius 2 is 1.58 bits per heavy atom. The second kappa shape index (κ2) is 9.11. The number of benzene rings is 2. The molecule has 0 saturated heterocycles. The van der Waals surface area contributed by atoms with E-state index in [0.717, 1.165) is 36.7 Å². The van der Waals surface area contributed by atoms with E-state index in [0.29, 0.717) is 0 Å². The van der Waals surface area contributed by atoms with Gasteiger partial charge in [0.2, 0.25) is 0 Å². The lowest BCUT2D eigenvalue weighted by Crippen LogP contribution is -2.07. The second-order valence-corrected chi connectivity index (χ2v) is 6.28. The van der Waals surface area contributed by atoms with Crippen molar-refractivity contribution in [2.24, 2.45) is 4.99 Å². The van der Waals surface area contributed by atoms with Crippen molar-refractivity contribution in [2.75, 3.05) is 11.9 Å². The van der Waals surface area contributed by atoms with Crippen LogP contribution in [0.15, 0.2) is 53.5 Å². The molecule has 0 spiro atoms. The number of amidine groups is 1. The lowest BCUT2D eigenvalue weighted by atomic mass is 10.0. The van der Waals surface area contributed by atoms with Crippen LogP contribution in [0.25, 0.3) is 0 Å². The molecule has 2 aromatic carbocycles. The van der Waals surface area contributed by atoms with Gasteiger partial charge in [0, 0.05) is 12.2 Å². The number of hydrogen-bond acceptors (Lipinski definition) is 2. The molecular weight excluding hydrogens is 296 g/mol. The Morgan fingerprint density at radius 1 is 1.00 bits per heavy atom. The molecule has 0 fully saturated rings. The molecule has 3 nitrogen and oxygen atoms in total. The topological polar surface area (TPSA) is 33.6 Å². The van der Waals surface area contributed by atoms with Gasteiger partial charge in [0.15, 0.2) is 0 Å². The molecule has 0 bridgehead atoms. The number of rotatable bonds is 7. The summed E-state index contributed by atoms with van der Waals surface area (Å²) in [5.41, 5.74) is 3.66. The Labute approximate surface area is 145 Å². The zero-order chi connectivity index (χ0) is 17.4. The highest BCUT2D eigenvalue weighted by Crippen LogP contribution is 2.18. The summed E-state index contributed by atoms with van der Waals surface area (Å²) < 4.78 is 5.68. The van der Waals surface area contributed by atoms with Crippen LogP contribution in [0.5, 0.6) is 5.75 Å². The van der Waals surface area contributed by atoms with Crippen LogP contribution >= 0.6 is 0 Å². The van der Waals surface area contributed by atoms with E-state index < -0.39 is 0 Å². The van der Waals surface area contributed by atoms with E-state index in [2.05, 4.69) is 53.6 Å². The Kier molecular flexibility index (Phi) is 6.86. The van der Waals surface area contributed by atoms with Crippen LogP contribution in [0.1, 0.15) is 45.2 Å². The van der Waals surface area contributed by atoms with Crippen molar-refractivity contribution in [3.63, 3.8) is 0 Å². The summed E-state index contributed by atoms with van der Waals surface area (Å²) in [5, 5.41) is 3.33. The summed E-state index contributed by atoms with van der Waals surface area (Å²) in [6.07, 6.45) is 2.20. The molecule has 0 unspecified atom stereocenters. The second-order valence-electron chi connectivity index (χ2n) is 6.28. The van der Waals surface area contributed by atoms with Gasteiger partial charge in [-0.15, -0.1) is 0 Å². The molecule has 2 rings (SSSR count). The summed E-state index contributed by atoms with van der Waals surface area (Å²) >= 11 is 0. The van der Waals surface area contributed by atoms with E-state index in [1.807, 2.05) is 32.9 Å². The quantitative estimate of drug-likeness (QED) is 0.553. The van der Waals surface area contributed by atoms with Crippen LogP contribution in [0.3, 0.4) is 0 Å². The highest BCUT2D eigenvalue weighted by molar-refractivity contribution is 5.93. The van der Waals surface area contributed by atoms with Crippen LogP contribution in [0.2, 0.25) is 0 Å². The van der Waals surface area contributed by atoms with Crippen LogP contribution in [0.4, 0.5) is 5.69 Å². The lowest BCUT2D eigenvalue weighted by Gasteiger charge is -2.10. The molecule has 0 amide bonds. The fourth-order valence-corrected chi connectivity index (χ4v) is 2.43. The predicted molar refractivity (Wildman–Crippen MR) is 103 cm³/mol. The molecular formula is C21H28N2O. The SMILES string of the molecule is CCCN=C(C)Nc1ccc(Cc2ccc(OC(C)C)cc2)cc1. The molecule has 0 aliphatic rings. The van der Waals surface area contributed by atoms with Gasteiger partial charge in [-0.2, -0.15) is 0 Å².